The monoisotopic (exact) mass is 338 g/mol. The molecule has 1 aliphatic heterocycles. The molecule has 1 N–H and O–H groups in total. The molecule has 124 valence electrons. The average molecular weight is 338 g/mol. The van der Waals surface area contributed by atoms with E-state index in [1.165, 1.54) is 23.8 Å². The van der Waals surface area contributed by atoms with Gasteiger partial charge in [-0.15, -0.1) is 11.3 Å². The van der Waals surface area contributed by atoms with Crippen molar-refractivity contribution in [3.8, 4) is 0 Å². The van der Waals surface area contributed by atoms with Crippen molar-refractivity contribution in [2.75, 3.05) is 6.54 Å². The van der Waals surface area contributed by atoms with Crippen LogP contribution < -0.4 is 0 Å². The van der Waals surface area contributed by atoms with Crippen molar-refractivity contribution in [3.63, 3.8) is 0 Å². The molecule has 1 fully saturated rings. The van der Waals surface area contributed by atoms with E-state index in [2.05, 4.69) is 34.1 Å². The zero-order valence-electron chi connectivity index (χ0n) is 13.6. The molecule has 0 bridgehead atoms. The lowest BCUT2D eigenvalue weighted by atomic mass is 10.0. The number of fused-ring (bicyclic) bond motifs is 1. The molecular formula is C20H22N2OS. The first kappa shape index (κ1) is 15.8. The topological polar surface area (TPSA) is 36.4 Å². The Morgan fingerprint density at radius 3 is 3.00 bits per heavy atom. The molecule has 24 heavy (non-hydrogen) atoms. The number of thiophene rings is 1. The third-order valence-corrected chi connectivity index (χ3v) is 5.93. The Morgan fingerprint density at radius 2 is 2.12 bits per heavy atom. The van der Waals surface area contributed by atoms with Crippen LogP contribution in [0.15, 0.2) is 54.0 Å². The first-order valence-corrected chi connectivity index (χ1v) is 9.47. The Labute approximate surface area is 146 Å². The molecular weight excluding hydrogens is 316 g/mol. The highest BCUT2D eigenvalue weighted by atomic mass is 32.1. The summed E-state index contributed by atoms with van der Waals surface area (Å²) in [5.74, 6) is 0. The van der Waals surface area contributed by atoms with Gasteiger partial charge in [0.1, 0.15) is 0 Å². The minimum atomic E-state index is -0.346. The molecule has 3 nitrogen and oxygen atoms in total. The van der Waals surface area contributed by atoms with Gasteiger partial charge in [-0.2, -0.15) is 0 Å². The number of hydrogen-bond acceptors (Lipinski definition) is 4. The molecule has 3 heterocycles. The average Bonchev–Trinajstić information content (AvgIpc) is 3.28. The van der Waals surface area contributed by atoms with E-state index in [-0.39, 0.29) is 6.10 Å². The van der Waals surface area contributed by atoms with Crippen LogP contribution in [0.2, 0.25) is 0 Å². The molecule has 2 aromatic heterocycles. The fourth-order valence-corrected chi connectivity index (χ4v) is 4.46. The molecule has 0 spiro atoms. The largest absolute Gasteiger partial charge is 0.388 e. The maximum atomic E-state index is 10.5. The Kier molecular flexibility index (Phi) is 4.60. The summed E-state index contributed by atoms with van der Waals surface area (Å²) in [6.07, 6.45) is 4.72. The highest BCUT2D eigenvalue weighted by Gasteiger charge is 2.27. The molecule has 1 aliphatic rings. The van der Waals surface area contributed by atoms with Crippen LogP contribution in [-0.4, -0.2) is 27.6 Å². The number of para-hydroxylation sites is 1. The third kappa shape index (κ3) is 3.22. The first-order valence-electron chi connectivity index (χ1n) is 8.59. The van der Waals surface area contributed by atoms with Gasteiger partial charge in [-0.05, 0) is 48.9 Å². The minimum Gasteiger partial charge on any atom is -0.388 e. The molecule has 2 atom stereocenters. The SMILES string of the molecule is OC(CC1CCCN1Cc1cccc2cccnc12)c1cccs1. The lowest BCUT2D eigenvalue weighted by Gasteiger charge is -2.26. The van der Waals surface area contributed by atoms with Crippen LogP contribution >= 0.6 is 11.3 Å². The van der Waals surface area contributed by atoms with E-state index in [4.69, 9.17) is 0 Å². The van der Waals surface area contributed by atoms with E-state index in [1.807, 2.05) is 29.8 Å². The number of nitrogens with zero attached hydrogens (tertiary/aromatic N) is 2. The van der Waals surface area contributed by atoms with Gasteiger partial charge in [0.15, 0.2) is 0 Å². The maximum absolute atomic E-state index is 10.5. The van der Waals surface area contributed by atoms with E-state index in [1.54, 1.807) is 11.3 Å². The van der Waals surface area contributed by atoms with Gasteiger partial charge in [-0.3, -0.25) is 9.88 Å². The summed E-state index contributed by atoms with van der Waals surface area (Å²) in [6, 6.07) is 15.0. The van der Waals surface area contributed by atoms with Gasteiger partial charge < -0.3 is 5.11 Å². The Hall–Kier alpha value is -1.75. The number of rotatable bonds is 5. The zero-order valence-corrected chi connectivity index (χ0v) is 14.5. The van der Waals surface area contributed by atoms with Crippen LogP contribution in [-0.2, 0) is 6.54 Å². The summed E-state index contributed by atoms with van der Waals surface area (Å²) in [5, 5.41) is 13.7. The summed E-state index contributed by atoms with van der Waals surface area (Å²) in [7, 11) is 0. The molecule has 3 aromatic rings. The van der Waals surface area contributed by atoms with Crippen LogP contribution in [0.1, 0.15) is 35.8 Å². The minimum absolute atomic E-state index is 0.346. The lowest BCUT2D eigenvalue weighted by molar-refractivity contribution is 0.120. The normalized spacial score (nSPS) is 19.8. The molecule has 0 aliphatic carbocycles. The predicted octanol–water partition coefficient (Wildman–Crippen LogP) is 4.38. The van der Waals surface area contributed by atoms with Crippen LogP contribution in [0.3, 0.4) is 0 Å². The van der Waals surface area contributed by atoms with Crippen LogP contribution in [0, 0.1) is 0 Å². The summed E-state index contributed by atoms with van der Waals surface area (Å²) in [6.45, 7) is 2.02. The number of aromatic nitrogens is 1. The van der Waals surface area contributed by atoms with Gasteiger partial charge in [0.2, 0.25) is 0 Å². The molecule has 1 saturated heterocycles. The number of aliphatic hydroxyl groups is 1. The van der Waals surface area contributed by atoms with E-state index in [0.29, 0.717) is 6.04 Å². The lowest BCUT2D eigenvalue weighted by Crippen LogP contribution is -2.30. The van der Waals surface area contributed by atoms with Gasteiger partial charge in [0.25, 0.3) is 0 Å². The molecule has 2 unspecified atom stereocenters. The quantitative estimate of drug-likeness (QED) is 0.750. The summed E-state index contributed by atoms with van der Waals surface area (Å²) in [4.78, 5) is 8.17. The van der Waals surface area contributed by atoms with Gasteiger partial charge in [0, 0.05) is 29.0 Å². The second-order valence-corrected chi connectivity index (χ2v) is 7.50. The zero-order chi connectivity index (χ0) is 16.4. The van der Waals surface area contributed by atoms with E-state index in [9.17, 15) is 5.11 Å². The van der Waals surface area contributed by atoms with E-state index < -0.39 is 0 Å². The maximum Gasteiger partial charge on any atom is 0.0896 e. The number of aliphatic hydroxyl groups excluding tert-OH is 1. The van der Waals surface area contributed by atoms with Crippen molar-refractivity contribution >= 4 is 22.2 Å². The van der Waals surface area contributed by atoms with Gasteiger partial charge in [-0.25, -0.2) is 0 Å². The highest BCUT2D eigenvalue weighted by molar-refractivity contribution is 7.10. The van der Waals surface area contributed by atoms with Crippen molar-refractivity contribution in [1.29, 1.82) is 0 Å². The van der Waals surface area contributed by atoms with Gasteiger partial charge in [0.05, 0.1) is 11.6 Å². The van der Waals surface area contributed by atoms with Crippen molar-refractivity contribution in [1.82, 2.24) is 9.88 Å². The van der Waals surface area contributed by atoms with Crippen molar-refractivity contribution < 1.29 is 5.11 Å². The fourth-order valence-electron chi connectivity index (χ4n) is 3.74. The van der Waals surface area contributed by atoms with E-state index >= 15 is 0 Å². The van der Waals surface area contributed by atoms with Crippen molar-refractivity contribution in [3.05, 3.63) is 64.5 Å². The number of likely N-dealkylation sites (tertiary alicyclic amines) is 1. The van der Waals surface area contributed by atoms with Crippen LogP contribution in [0.25, 0.3) is 10.9 Å². The summed E-state index contributed by atoms with van der Waals surface area (Å²) < 4.78 is 0. The highest BCUT2D eigenvalue weighted by Crippen LogP contribution is 2.31. The Morgan fingerprint density at radius 1 is 1.21 bits per heavy atom. The van der Waals surface area contributed by atoms with Crippen molar-refractivity contribution in [2.24, 2.45) is 0 Å². The fraction of sp³-hybridized carbons (Fsp3) is 0.350. The van der Waals surface area contributed by atoms with Crippen LogP contribution in [0.4, 0.5) is 0 Å². The van der Waals surface area contributed by atoms with Crippen molar-refractivity contribution in [2.45, 2.75) is 38.0 Å². The second kappa shape index (κ2) is 7.01. The van der Waals surface area contributed by atoms with Gasteiger partial charge in [-0.1, -0.05) is 30.3 Å². The first-order chi connectivity index (χ1) is 11.8. The Bertz CT molecular complexity index is 797. The summed E-state index contributed by atoms with van der Waals surface area (Å²) >= 11 is 1.64. The van der Waals surface area contributed by atoms with Crippen LogP contribution in [0.5, 0.6) is 0 Å². The van der Waals surface area contributed by atoms with E-state index in [0.717, 1.165) is 29.9 Å². The standard InChI is InChI=1S/C20H22N2OS/c23-18(19-9-4-12-24-19)13-17-8-3-11-22(17)14-16-6-1-5-15-7-2-10-21-20(15)16/h1-2,4-7,9-10,12,17-18,23H,3,8,11,13-14H2. The molecule has 1 aromatic carbocycles. The molecule has 4 rings (SSSR count). The second-order valence-electron chi connectivity index (χ2n) is 6.53. The van der Waals surface area contributed by atoms with Gasteiger partial charge >= 0.3 is 0 Å². The Balaban J connectivity index is 1.50. The number of benzene rings is 1. The summed E-state index contributed by atoms with van der Waals surface area (Å²) in [5.41, 5.74) is 2.38. The third-order valence-electron chi connectivity index (χ3n) is 4.96. The molecule has 0 saturated carbocycles. The smallest absolute Gasteiger partial charge is 0.0896 e. The predicted molar refractivity (Wildman–Crippen MR) is 99.1 cm³/mol. The number of pyridine rings is 1. The molecule has 0 amide bonds. The molecule has 0 radical (unpaired) electrons. The molecule has 4 heteroatoms. The number of hydrogen-bond donors (Lipinski definition) is 1.